The molecule has 4 heteroatoms. The van der Waals surface area contributed by atoms with Crippen LogP contribution in [0.25, 0.3) is 10.8 Å². The molecule has 0 spiro atoms. The third-order valence-electron chi connectivity index (χ3n) is 3.08. The zero-order chi connectivity index (χ0) is 12.9. The third-order valence-corrected chi connectivity index (χ3v) is 3.08. The van der Waals surface area contributed by atoms with E-state index in [1.54, 1.807) is 24.3 Å². The van der Waals surface area contributed by atoms with Crippen molar-refractivity contribution in [3.63, 3.8) is 0 Å². The van der Waals surface area contributed by atoms with Gasteiger partial charge >= 0.3 is 0 Å². The SMILES string of the molecule is N=c1ccc(=N)c2c(=O)c3ccccc3c(=O)c1=2. The molecule has 0 saturated heterocycles. The lowest BCUT2D eigenvalue weighted by atomic mass is 10.0. The van der Waals surface area contributed by atoms with E-state index >= 15 is 0 Å². The summed E-state index contributed by atoms with van der Waals surface area (Å²) in [7, 11) is 0. The highest BCUT2D eigenvalue weighted by atomic mass is 16.1. The zero-order valence-corrected chi connectivity index (χ0v) is 9.28. The van der Waals surface area contributed by atoms with Crippen LogP contribution in [-0.4, -0.2) is 0 Å². The fourth-order valence-corrected chi connectivity index (χ4v) is 2.22. The Balaban J connectivity index is 3.02. The van der Waals surface area contributed by atoms with E-state index < -0.39 is 0 Å². The number of benzene rings is 1. The summed E-state index contributed by atoms with van der Waals surface area (Å²) in [5.74, 6) is 0. The maximum absolute atomic E-state index is 12.3. The molecule has 0 amide bonds. The van der Waals surface area contributed by atoms with Crippen LogP contribution in [0.3, 0.4) is 0 Å². The highest BCUT2D eigenvalue weighted by molar-refractivity contribution is 5.82. The Labute approximate surface area is 100 Å². The number of fused-ring (bicyclic) bond motifs is 1. The molecule has 0 atom stereocenters. The van der Waals surface area contributed by atoms with Gasteiger partial charge in [-0.05, 0) is 12.1 Å². The van der Waals surface area contributed by atoms with Gasteiger partial charge in [-0.2, -0.15) is 0 Å². The first-order chi connectivity index (χ1) is 8.61. The zero-order valence-electron chi connectivity index (χ0n) is 9.28. The molecular weight excluding hydrogens is 228 g/mol. The van der Waals surface area contributed by atoms with Crippen LogP contribution in [0.1, 0.15) is 0 Å². The molecule has 1 aromatic carbocycles. The second kappa shape index (κ2) is 3.43. The van der Waals surface area contributed by atoms with Gasteiger partial charge in [0.15, 0.2) is 10.9 Å². The second-order valence-corrected chi connectivity index (χ2v) is 4.11. The Bertz CT molecular complexity index is 959. The smallest absolute Gasteiger partial charge is 0.196 e. The first kappa shape index (κ1) is 10.5. The van der Waals surface area contributed by atoms with E-state index in [9.17, 15) is 9.59 Å². The quantitative estimate of drug-likeness (QED) is 0.581. The van der Waals surface area contributed by atoms with Gasteiger partial charge in [0.05, 0.1) is 21.2 Å². The maximum atomic E-state index is 12.3. The molecular formula is C14H8N2O2. The lowest BCUT2D eigenvalue weighted by Gasteiger charge is -1.97. The predicted molar refractivity (Wildman–Crippen MR) is 65.9 cm³/mol. The fraction of sp³-hybridized carbons (Fsp3) is 0. The summed E-state index contributed by atoms with van der Waals surface area (Å²) in [6.07, 6.45) is 0. The minimum Gasteiger partial charge on any atom is -0.300 e. The van der Waals surface area contributed by atoms with Gasteiger partial charge in [-0.25, -0.2) is 0 Å². The molecule has 0 unspecified atom stereocenters. The molecule has 86 valence electrons. The predicted octanol–water partition coefficient (Wildman–Crippen LogP) is 0.120. The van der Waals surface area contributed by atoms with Crippen molar-refractivity contribution in [1.29, 1.82) is 10.8 Å². The number of hydrogen-bond donors (Lipinski definition) is 2. The molecule has 0 fully saturated rings. The first-order valence-electron chi connectivity index (χ1n) is 5.40. The molecule has 2 N–H and O–H groups in total. The van der Waals surface area contributed by atoms with E-state index in [-0.39, 0.29) is 32.0 Å². The van der Waals surface area contributed by atoms with E-state index in [0.717, 1.165) is 0 Å². The second-order valence-electron chi connectivity index (χ2n) is 4.11. The van der Waals surface area contributed by atoms with E-state index in [0.29, 0.717) is 10.8 Å². The van der Waals surface area contributed by atoms with Crippen LogP contribution < -0.4 is 21.6 Å². The summed E-state index contributed by atoms with van der Waals surface area (Å²) >= 11 is 0. The van der Waals surface area contributed by atoms with Gasteiger partial charge in [0, 0.05) is 10.8 Å². The summed E-state index contributed by atoms with van der Waals surface area (Å²) in [6, 6.07) is 9.27. The minimum absolute atomic E-state index is 0.00569. The van der Waals surface area contributed by atoms with Crippen LogP contribution in [0.5, 0.6) is 0 Å². The molecule has 0 aliphatic heterocycles. The molecule has 3 rings (SSSR count). The summed E-state index contributed by atoms with van der Waals surface area (Å²) in [6.45, 7) is 0. The molecule has 0 aromatic heterocycles. The van der Waals surface area contributed by atoms with Crippen molar-refractivity contribution >= 4 is 10.8 Å². The topological polar surface area (TPSA) is 81.8 Å². The Morgan fingerprint density at radius 1 is 0.667 bits per heavy atom. The van der Waals surface area contributed by atoms with Gasteiger partial charge in [-0.3, -0.25) is 9.59 Å². The number of rotatable bonds is 0. The minimum atomic E-state index is -0.348. The summed E-state index contributed by atoms with van der Waals surface area (Å²) in [5.41, 5.74) is -0.696. The van der Waals surface area contributed by atoms with Gasteiger partial charge in [0.2, 0.25) is 0 Å². The van der Waals surface area contributed by atoms with Crippen molar-refractivity contribution in [3.8, 4) is 0 Å². The highest BCUT2D eigenvalue weighted by Gasteiger charge is 2.09. The van der Waals surface area contributed by atoms with Gasteiger partial charge < -0.3 is 10.8 Å². The largest absolute Gasteiger partial charge is 0.300 e. The molecule has 4 nitrogen and oxygen atoms in total. The van der Waals surface area contributed by atoms with Crippen LogP contribution in [0.15, 0.2) is 46.0 Å². The summed E-state index contributed by atoms with van der Waals surface area (Å²) in [4.78, 5) is 24.5. The molecule has 1 aromatic rings. The molecule has 0 radical (unpaired) electrons. The lowest BCUT2D eigenvalue weighted by molar-refractivity contribution is 1.14. The van der Waals surface area contributed by atoms with Crippen molar-refractivity contribution in [2.24, 2.45) is 0 Å². The Morgan fingerprint density at radius 2 is 1.06 bits per heavy atom. The first-order valence-corrected chi connectivity index (χ1v) is 5.40. The van der Waals surface area contributed by atoms with Crippen molar-refractivity contribution < 1.29 is 0 Å². The standard InChI is InChI=1S/C14H8N2O2/c15-9-5-6-10(16)12-11(9)13(17)7-3-1-2-4-8(7)14(12)18/h1-6,15-16H. The average Bonchev–Trinajstić information content (AvgIpc) is 2.38. The Hall–Kier alpha value is -2.62. The van der Waals surface area contributed by atoms with Gasteiger partial charge in [-0.15, -0.1) is 0 Å². The van der Waals surface area contributed by atoms with E-state index in [1.165, 1.54) is 12.1 Å². The number of hydrogen-bond acceptors (Lipinski definition) is 4. The Morgan fingerprint density at radius 3 is 1.44 bits per heavy atom. The van der Waals surface area contributed by atoms with Gasteiger partial charge in [0.25, 0.3) is 0 Å². The average molecular weight is 236 g/mol. The van der Waals surface area contributed by atoms with E-state index in [1.807, 2.05) is 0 Å². The molecule has 0 saturated carbocycles. The molecule has 2 aliphatic rings. The summed E-state index contributed by atoms with van der Waals surface area (Å²) in [5, 5.41) is 16.2. The molecule has 18 heavy (non-hydrogen) atoms. The fourth-order valence-electron chi connectivity index (χ4n) is 2.22. The monoisotopic (exact) mass is 236 g/mol. The molecule has 2 aliphatic carbocycles. The van der Waals surface area contributed by atoms with Crippen LogP contribution >= 0.6 is 0 Å². The van der Waals surface area contributed by atoms with Gasteiger partial charge in [-0.1, -0.05) is 24.3 Å². The molecule has 0 bridgehead atoms. The van der Waals surface area contributed by atoms with Crippen LogP contribution in [0, 0.1) is 21.3 Å². The van der Waals surface area contributed by atoms with E-state index in [2.05, 4.69) is 0 Å². The normalized spacial score (nSPS) is 11.1. The van der Waals surface area contributed by atoms with E-state index in [4.69, 9.17) is 10.8 Å². The van der Waals surface area contributed by atoms with Crippen molar-refractivity contribution in [2.45, 2.75) is 0 Å². The maximum Gasteiger partial charge on any atom is 0.196 e. The highest BCUT2D eigenvalue weighted by Crippen LogP contribution is 2.03. The van der Waals surface area contributed by atoms with Crippen LogP contribution in [-0.2, 0) is 0 Å². The van der Waals surface area contributed by atoms with Gasteiger partial charge in [0.1, 0.15) is 0 Å². The van der Waals surface area contributed by atoms with Crippen LogP contribution in [0.2, 0.25) is 0 Å². The lowest BCUT2D eigenvalue weighted by Crippen LogP contribution is -2.27. The molecule has 0 heterocycles. The van der Waals surface area contributed by atoms with Crippen molar-refractivity contribution in [3.05, 3.63) is 78.0 Å². The van der Waals surface area contributed by atoms with Crippen molar-refractivity contribution in [1.82, 2.24) is 0 Å². The van der Waals surface area contributed by atoms with Crippen LogP contribution in [0.4, 0.5) is 0 Å². The van der Waals surface area contributed by atoms with Crippen molar-refractivity contribution in [2.75, 3.05) is 0 Å². The Kier molecular flexibility index (Phi) is 2.01. The third kappa shape index (κ3) is 1.20. The number of nitrogens with one attached hydrogen (secondary N) is 2. The summed E-state index contributed by atoms with van der Waals surface area (Å²) < 4.78 is 0.